The van der Waals surface area contributed by atoms with Crippen LogP contribution >= 0.6 is 11.3 Å². The normalized spacial score (nSPS) is 16.1. The fourth-order valence-corrected chi connectivity index (χ4v) is 4.82. The van der Waals surface area contributed by atoms with Crippen molar-refractivity contribution >= 4 is 17.2 Å². The molecule has 0 N–H and O–H groups in total. The first kappa shape index (κ1) is 17.9. The average Bonchev–Trinajstić information content (AvgIpc) is 3.48. The molecule has 0 bridgehead atoms. The maximum absolute atomic E-state index is 13.4. The molecule has 29 heavy (non-hydrogen) atoms. The molecule has 1 aromatic carbocycles. The van der Waals surface area contributed by atoms with E-state index in [1.54, 1.807) is 28.3 Å². The van der Waals surface area contributed by atoms with E-state index in [9.17, 15) is 4.79 Å². The third-order valence-corrected chi connectivity index (χ3v) is 6.57. The van der Waals surface area contributed by atoms with Crippen molar-refractivity contribution < 1.29 is 9.32 Å². The van der Waals surface area contributed by atoms with Crippen LogP contribution in [0.1, 0.15) is 38.2 Å². The van der Waals surface area contributed by atoms with Crippen LogP contribution in [0.4, 0.5) is 0 Å². The van der Waals surface area contributed by atoms with Crippen molar-refractivity contribution in [3.8, 4) is 11.3 Å². The lowest BCUT2D eigenvalue weighted by molar-refractivity contribution is 0.0685. The van der Waals surface area contributed by atoms with Gasteiger partial charge in [0.05, 0.1) is 17.8 Å². The van der Waals surface area contributed by atoms with Crippen molar-refractivity contribution in [3.05, 3.63) is 81.4 Å². The van der Waals surface area contributed by atoms with Gasteiger partial charge in [0.1, 0.15) is 0 Å². The first-order valence-corrected chi connectivity index (χ1v) is 10.4. The number of aryl methyl sites for hydroxylation is 1. The summed E-state index contributed by atoms with van der Waals surface area (Å²) in [5.74, 6) is 0.440. The van der Waals surface area contributed by atoms with Crippen LogP contribution in [0, 0.1) is 6.92 Å². The first-order valence-electron chi connectivity index (χ1n) is 9.51. The van der Waals surface area contributed by atoms with Crippen molar-refractivity contribution in [2.75, 3.05) is 6.54 Å². The third-order valence-electron chi connectivity index (χ3n) is 5.57. The van der Waals surface area contributed by atoms with Crippen molar-refractivity contribution in [1.29, 1.82) is 0 Å². The smallest absolute Gasteiger partial charge is 0.276 e. The molecule has 4 heterocycles. The highest BCUT2D eigenvalue weighted by atomic mass is 32.1. The molecular weight excluding hydrogens is 384 g/mol. The molecule has 4 aromatic rings. The van der Waals surface area contributed by atoms with E-state index >= 15 is 0 Å². The maximum Gasteiger partial charge on any atom is 0.276 e. The summed E-state index contributed by atoms with van der Waals surface area (Å²) in [7, 11) is 1.87. The van der Waals surface area contributed by atoms with Gasteiger partial charge in [-0.1, -0.05) is 35.5 Å². The predicted molar refractivity (Wildman–Crippen MR) is 111 cm³/mol. The van der Waals surface area contributed by atoms with Crippen molar-refractivity contribution in [2.45, 2.75) is 19.4 Å². The molecule has 0 spiro atoms. The van der Waals surface area contributed by atoms with E-state index in [0.717, 1.165) is 23.2 Å². The van der Waals surface area contributed by atoms with Gasteiger partial charge >= 0.3 is 0 Å². The van der Waals surface area contributed by atoms with Crippen molar-refractivity contribution in [2.24, 2.45) is 7.05 Å². The lowest BCUT2D eigenvalue weighted by Gasteiger charge is -2.35. The Balaban J connectivity index is 1.51. The van der Waals surface area contributed by atoms with Gasteiger partial charge in [-0.25, -0.2) is 0 Å². The largest absolute Gasteiger partial charge is 0.355 e. The molecule has 1 aliphatic heterocycles. The van der Waals surface area contributed by atoms with Crippen LogP contribution in [0.25, 0.3) is 11.3 Å². The summed E-state index contributed by atoms with van der Waals surface area (Å²) in [6.07, 6.45) is 2.59. The van der Waals surface area contributed by atoms with E-state index in [1.165, 1.54) is 10.4 Å². The monoisotopic (exact) mass is 404 g/mol. The molecule has 0 saturated carbocycles. The topological polar surface area (TPSA) is 64.2 Å². The molecular formula is C22H20N4O2S. The summed E-state index contributed by atoms with van der Waals surface area (Å²) in [6, 6.07) is 13.9. The molecule has 0 aliphatic carbocycles. The highest BCUT2D eigenvalue weighted by Gasteiger charge is 2.34. The number of carbonyl (C=O) groups is 1. The summed E-state index contributed by atoms with van der Waals surface area (Å²) in [5.41, 5.74) is 4.43. The molecule has 146 valence electrons. The summed E-state index contributed by atoms with van der Waals surface area (Å²) < 4.78 is 7.27. The molecule has 1 atom stereocenters. The van der Waals surface area contributed by atoms with Gasteiger partial charge in [-0.2, -0.15) is 5.10 Å². The second-order valence-corrected chi connectivity index (χ2v) is 8.21. The Bertz CT molecular complexity index is 1170. The molecule has 6 nitrogen and oxygen atoms in total. The number of nitrogens with zero attached hydrogens (tertiary/aromatic N) is 4. The van der Waals surface area contributed by atoms with Gasteiger partial charge in [-0.15, -0.1) is 11.3 Å². The highest BCUT2D eigenvalue weighted by Crippen LogP contribution is 2.38. The fraction of sp³-hybridized carbons (Fsp3) is 0.227. The summed E-state index contributed by atoms with van der Waals surface area (Å²) in [5, 5.41) is 10.4. The second-order valence-electron chi connectivity index (χ2n) is 7.20. The SMILES string of the molecule is Cc1c(-c2cc(C(=O)N3CCc4sccc4C3c3ccccc3)no2)cnn1C. The van der Waals surface area contributed by atoms with Gasteiger partial charge in [-0.3, -0.25) is 9.48 Å². The number of carbonyl (C=O) groups excluding carboxylic acids is 1. The van der Waals surface area contributed by atoms with Crippen LogP contribution in [-0.2, 0) is 13.5 Å². The zero-order chi connectivity index (χ0) is 20.0. The zero-order valence-electron chi connectivity index (χ0n) is 16.2. The van der Waals surface area contributed by atoms with Crippen molar-refractivity contribution in [3.63, 3.8) is 0 Å². The van der Waals surface area contributed by atoms with Crippen molar-refractivity contribution in [1.82, 2.24) is 19.8 Å². The van der Waals surface area contributed by atoms with Gasteiger partial charge < -0.3 is 9.42 Å². The summed E-state index contributed by atoms with van der Waals surface area (Å²) in [4.78, 5) is 16.7. The van der Waals surface area contributed by atoms with E-state index in [1.807, 2.05) is 37.1 Å². The molecule has 7 heteroatoms. The Kier molecular flexibility index (Phi) is 4.32. The molecule has 1 amide bonds. The lowest BCUT2D eigenvalue weighted by Crippen LogP contribution is -2.40. The van der Waals surface area contributed by atoms with Gasteiger partial charge in [0.15, 0.2) is 11.5 Å². The van der Waals surface area contributed by atoms with E-state index < -0.39 is 0 Å². The number of rotatable bonds is 3. The van der Waals surface area contributed by atoms with E-state index in [4.69, 9.17) is 4.52 Å². The van der Waals surface area contributed by atoms with E-state index in [-0.39, 0.29) is 11.9 Å². The molecule has 0 saturated heterocycles. The van der Waals surface area contributed by atoms with Gasteiger partial charge in [0.25, 0.3) is 5.91 Å². The first-order chi connectivity index (χ1) is 14.1. The zero-order valence-corrected chi connectivity index (χ0v) is 17.0. The van der Waals surface area contributed by atoms with Crippen LogP contribution in [0.15, 0.2) is 58.6 Å². The van der Waals surface area contributed by atoms with Gasteiger partial charge in [0, 0.05) is 30.2 Å². The average molecular weight is 404 g/mol. The lowest BCUT2D eigenvalue weighted by atomic mass is 9.93. The van der Waals surface area contributed by atoms with Crippen LogP contribution in [-0.4, -0.2) is 32.3 Å². The Morgan fingerprint density at radius 1 is 1.24 bits per heavy atom. The van der Waals surface area contributed by atoms with Crippen LogP contribution in [0.3, 0.4) is 0 Å². The second kappa shape index (κ2) is 7.00. The minimum absolute atomic E-state index is 0.112. The Labute approximate surface area is 172 Å². The molecule has 5 rings (SSSR count). The van der Waals surface area contributed by atoms with E-state index in [2.05, 4.69) is 33.8 Å². The van der Waals surface area contributed by atoms with E-state index in [0.29, 0.717) is 18.0 Å². The molecule has 3 aromatic heterocycles. The fourth-order valence-electron chi connectivity index (χ4n) is 3.92. The minimum Gasteiger partial charge on any atom is -0.355 e. The Hall–Kier alpha value is -3.19. The number of fused-ring (bicyclic) bond motifs is 1. The number of benzene rings is 1. The number of hydrogen-bond donors (Lipinski definition) is 0. The number of aromatic nitrogens is 3. The minimum atomic E-state index is -0.118. The van der Waals surface area contributed by atoms with Crippen LogP contribution in [0.5, 0.6) is 0 Å². The molecule has 0 radical (unpaired) electrons. The number of thiophene rings is 1. The number of amides is 1. The Morgan fingerprint density at radius 3 is 2.83 bits per heavy atom. The van der Waals surface area contributed by atoms with Crippen LogP contribution in [0.2, 0.25) is 0 Å². The quantitative estimate of drug-likeness (QED) is 0.513. The standard InChI is InChI=1S/C22H20N4O2S/c1-14-17(13-23-25(14)2)19-12-18(24-28-19)22(27)26-10-8-20-16(9-11-29-20)21(26)15-6-4-3-5-7-15/h3-7,9,11-13,21H,8,10H2,1-2H3. The molecule has 1 unspecified atom stereocenters. The van der Waals surface area contributed by atoms with Crippen LogP contribution < -0.4 is 0 Å². The van der Waals surface area contributed by atoms with Gasteiger partial charge in [0.2, 0.25) is 0 Å². The molecule has 1 aliphatic rings. The molecule has 0 fully saturated rings. The summed E-state index contributed by atoms with van der Waals surface area (Å²) >= 11 is 1.76. The highest BCUT2D eigenvalue weighted by molar-refractivity contribution is 7.10. The summed E-state index contributed by atoms with van der Waals surface area (Å²) in [6.45, 7) is 2.61. The maximum atomic E-state index is 13.4. The number of hydrogen-bond acceptors (Lipinski definition) is 5. The Morgan fingerprint density at radius 2 is 2.07 bits per heavy atom. The third kappa shape index (κ3) is 2.98. The predicted octanol–water partition coefficient (Wildman–Crippen LogP) is 4.23. The van der Waals surface area contributed by atoms with Gasteiger partial charge in [-0.05, 0) is 35.9 Å².